The van der Waals surface area contributed by atoms with E-state index in [0.717, 1.165) is 24.8 Å². The quantitative estimate of drug-likeness (QED) is 0.863. The van der Waals surface area contributed by atoms with Crippen LogP contribution in [0, 0.1) is 23.6 Å². The van der Waals surface area contributed by atoms with Crippen molar-refractivity contribution in [1.82, 2.24) is 5.32 Å². The normalized spacial score (nSPS) is 29.9. The molecule has 0 heterocycles. The van der Waals surface area contributed by atoms with Crippen molar-refractivity contribution in [3.8, 4) is 0 Å². The van der Waals surface area contributed by atoms with Gasteiger partial charge in [0.2, 0.25) is 5.91 Å². The summed E-state index contributed by atoms with van der Waals surface area (Å²) in [5.41, 5.74) is 7.05. The Morgan fingerprint density at radius 2 is 2.00 bits per heavy atom. The molecule has 1 amide bonds. The fourth-order valence-electron chi connectivity index (χ4n) is 4.05. The molecule has 0 saturated heterocycles. The lowest BCUT2D eigenvalue weighted by Gasteiger charge is -2.27. The highest BCUT2D eigenvalue weighted by atomic mass is 35.5. The lowest BCUT2D eigenvalue weighted by atomic mass is 9.84. The molecule has 1 aromatic rings. The molecule has 3 rings (SSSR count). The molecule has 5 unspecified atom stereocenters. The van der Waals surface area contributed by atoms with E-state index in [1.165, 1.54) is 12.1 Å². The minimum Gasteiger partial charge on any atom is -0.375 e. The van der Waals surface area contributed by atoms with Gasteiger partial charge >= 0.3 is 0 Å². The molecule has 4 nitrogen and oxygen atoms in total. The van der Waals surface area contributed by atoms with Crippen LogP contribution in [0.4, 0.5) is 4.39 Å². The number of carbonyl (C=O) groups excluding carboxylic acids is 1. The van der Waals surface area contributed by atoms with Gasteiger partial charge < -0.3 is 15.8 Å². The predicted octanol–water partition coefficient (Wildman–Crippen LogP) is 2.42. The Morgan fingerprint density at radius 3 is 2.57 bits per heavy atom. The molecule has 6 heteroatoms. The topological polar surface area (TPSA) is 64.3 Å². The van der Waals surface area contributed by atoms with Gasteiger partial charge in [-0.2, -0.15) is 0 Å². The van der Waals surface area contributed by atoms with Crippen molar-refractivity contribution in [2.24, 2.45) is 23.5 Å². The average Bonchev–Trinajstić information content (AvgIpc) is 3.10. The maximum Gasteiger partial charge on any atom is 0.225 e. The number of fused-ring (bicyclic) bond motifs is 2. The van der Waals surface area contributed by atoms with E-state index < -0.39 is 0 Å². The van der Waals surface area contributed by atoms with Gasteiger partial charge in [-0.3, -0.25) is 4.79 Å². The van der Waals surface area contributed by atoms with Crippen molar-refractivity contribution in [1.29, 1.82) is 0 Å². The Kier molecular flexibility index (Phi) is 6.00. The SMILES string of the molecule is COC(CNC(=O)C1C2CCC(C2)C1N)c1ccc(F)cc1.Cl. The van der Waals surface area contributed by atoms with E-state index in [0.29, 0.717) is 18.4 Å². The zero-order valence-electron chi connectivity index (χ0n) is 13.2. The van der Waals surface area contributed by atoms with Crippen LogP contribution in [-0.4, -0.2) is 25.6 Å². The van der Waals surface area contributed by atoms with Crippen molar-refractivity contribution >= 4 is 18.3 Å². The number of ether oxygens (including phenoxy) is 1. The van der Waals surface area contributed by atoms with Crippen molar-refractivity contribution in [3.05, 3.63) is 35.6 Å². The summed E-state index contributed by atoms with van der Waals surface area (Å²) in [5.74, 6) is 0.631. The summed E-state index contributed by atoms with van der Waals surface area (Å²) in [7, 11) is 1.59. The molecule has 2 aliphatic carbocycles. The number of hydrogen-bond donors (Lipinski definition) is 2. The summed E-state index contributed by atoms with van der Waals surface area (Å²) in [4.78, 5) is 12.4. The zero-order valence-corrected chi connectivity index (χ0v) is 14.0. The van der Waals surface area contributed by atoms with Gasteiger partial charge in [0.15, 0.2) is 0 Å². The number of carbonyl (C=O) groups is 1. The molecule has 2 fully saturated rings. The van der Waals surface area contributed by atoms with Crippen LogP contribution in [0.25, 0.3) is 0 Å². The molecule has 2 bridgehead atoms. The number of nitrogens with one attached hydrogen (secondary N) is 1. The third-order valence-corrected chi connectivity index (χ3v) is 5.27. The minimum atomic E-state index is -0.282. The van der Waals surface area contributed by atoms with E-state index in [-0.39, 0.29) is 42.2 Å². The number of amides is 1. The number of benzene rings is 1. The highest BCUT2D eigenvalue weighted by molar-refractivity contribution is 5.85. The van der Waals surface area contributed by atoms with E-state index in [2.05, 4.69) is 5.32 Å². The van der Waals surface area contributed by atoms with Crippen molar-refractivity contribution in [2.45, 2.75) is 31.4 Å². The number of hydrogen-bond acceptors (Lipinski definition) is 3. The number of rotatable bonds is 5. The number of methoxy groups -OCH3 is 1. The van der Waals surface area contributed by atoms with Crippen LogP contribution in [0.3, 0.4) is 0 Å². The Bertz CT molecular complexity index is 538. The first kappa shape index (κ1) is 18.2. The van der Waals surface area contributed by atoms with E-state index in [4.69, 9.17) is 10.5 Å². The van der Waals surface area contributed by atoms with Gasteiger partial charge in [0.1, 0.15) is 5.82 Å². The third kappa shape index (κ3) is 3.67. The number of nitrogens with two attached hydrogens (primary N) is 1. The summed E-state index contributed by atoms with van der Waals surface area (Å²) in [6, 6.07) is 6.15. The Hall–Kier alpha value is -1.17. The van der Waals surface area contributed by atoms with Crippen LogP contribution < -0.4 is 11.1 Å². The number of halogens is 2. The van der Waals surface area contributed by atoms with Crippen LogP contribution in [0.5, 0.6) is 0 Å². The maximum absolute atomic E-state index is 13.0. The summed E-state index contributed by atoms with van der Waals surface area (Å²) in [6.45, 7) is 0.377. The van der Waals surface area contributed by atoms with E-state index >= 15 is 0 Å². The lowest BCUT2D eigenvalue weighted by Crippen LogP contribution is -2.46. The largest absolute Gasteiger partial charge is 0.375 e. The van der Waals surface area contributed by atoms with Crippen molar-refractivity contribution in [3.63, 3.8) is 0 Å². The molecule has 23 heavy (non-hydrogen) atoms. The van der Waals surface area contributed by atoms with Crippen LogP contribution in [-0.2, 0) is 9.53 Å². The average molecular weight is 343 g/mol. The summed E-state index contributed by atoms with van der Waals surface area (Å²) in [5, 5.41) is 2.97. The highest BCUT2D eigenvalue weighted by Gasteiger charge is 2.49. The maximum atomic E-state index is 13.0. The second-order valence-corrected chi connectivity index (χ2v) is 6.46. The Labute approximate surface area is 142 Å². The first-order valence-electron chi connectivity index (χ1n) is 7.91. The molecule has 0 aromatic heterocycles. The molecule has 0 radical (unpaired) electrons. The van der Waals surface area contributed by atoms with Gasteiger partial charge in [-0.05, 0) is 48.8 Å². The summed E-state index contributed by atoms with van der Waals surface area (Å²) in [6.07, 6.45) is 3.08. The van der Waals surface area contributed by atoms with Gasteiger partial charge in [-0.25, -0.2) is 4.39 Å². The lowest BCUT2D eigenvalue weighted by molar-refractivity contribution is -0.127. The van der Waals surface area contributed by atoms with Crippen molar-refractivity contribution in [2.75, 3.05) is 13.7 Å². The first-order valence-corrected chi connectivity index (χ1v) is 7.91. The van der Waals surface area contributed by atoms with Crippen LogP contribution in [0.15, 0.2) is 24.3 Å². The molecule has 1 aromatic carbocycles. The summed E-state index contributed by atoms with van der Waals surface area (Å²) < 4.78 is 18.4. The van der Waals surface area contributed by atoms with Gasteiger partial charge in [0.25, 0.3) is 0 Å². The molecular formula is C17H24ClFN2O2. The second-order valence-electron chi connectivity index (χ2n) is 6.46. The molecule has 0 spiro atoms. The fraction of sp³-hybridized carbons (Fsp3) is 0.588. The molecule has 3 N–H and O–H groups in total. The predicted molar refractivity (Wildman–Crippen MR) is 88.7 cm³/mol. The standard InChI is InChI=1S/C17H23FN2O2.ClH/c1-22-14(10-4-6-13(18)7-5-10)9-20-17(21)15-11-2-3-12(8-11)16(15)19;/h4-7,11-12,14-16H,2-3,8-9,19H2,1H3,(H,20,21);1H. The highest BCUT2D eigenvalue weighted by Crippen LogP contribution is 2.47. The van der Waals surface area contributed by atoms with E-state index in [1.807, 2.05) is 0 Å². The monoisotopic (exact) mass is 342 g/mol. The van der Waals surface area contributed by atoms with Crippen molar-refractivity contribution < 1.29 is 13.9 Å². The smallest absolute Gasteiger partial charge is 0.225 e. The molecule has 2 aliphatic rings. The molecule has 0 aliphatic heterocycles. The minimum absolute atomic E-state index is 0. The van der Waals surface area contributed by atoms with Gasteiger partial charge in [0.05, 0.1) is 12.0 Å². The third-order valence-electron chi connectivity index (χ3n) is 5.27. The molecule has 2 saturated carbocycles. The van der Waals surface area contributed by atoms with Crippen LogP contribution in [0.1, 0.15) is 30.9 Å². The Balaban J connectivity index is 0.00000192. The molecular weight excluding hydrogens is 319 g/mol. The fourth-order valence-corrected chi connectivity index (χ4v) is 4.05. The van der Waals surface area contributed by atoms with E-state index in [9.17, 15) is 9.18 Å². The van der Waals surface area contributed by atoms with Gasteiger partial charge in [-0.15, -0.1) is 12.4 Å². The van der Waals surface area contributed by atoms with Gasteiger partial charge in [-0.1, -0.05) is 12.1 Å². The van der Waals surface area contributed by atoms with E-state index in [1.54, 1.807) is 19.2 Å². The van der Waals surface area contributed by atoms with Crippen LogP contribution in [0.2, 0.25) is 0 Å². The Morgan fingerprint density at radius 1 is 1.35 bits per heavy atom. The molecule has 5 atom stereocenters. The summed E-state index contributed by atoms with van der Waals surface area (Å²) >= 11 is 0. The first-order chi connectivity index (χ1) is 10.6. The second kappa shape index (κ2) is 7.60. The molecule has 128 valence electrons. The van der Waals surface area contributed by atoms with Gasteiger partial charge in [0, 0.05) is 19.7 Å². The van der Waals surface area contributed by atoms with Crippen LogP contribution >= 0.6 is 12.4 Å². The zero-order chi connectivity index (χ0) is 15.7.